The zero-order valence-electron chi connectivity index (χ0n) is 20.2. The fourth-order valence-corrected chi connectivity index (χ4v) is 4.40. The summed E-state index contributed by atoms with van der Waals surface area (Å²) in [5, 5.41) is 11.6. The predicted octanol–water partition coefficient (Wildman–Crippen LogP) is 4.05. The van der Waals surface area contributed by atoms with E-state index in [0.29, 0.717) is 5.75 Å². The van der Waals surface area contributed by atoms with E-state index >= 15 is 0 Å². The van der Waals surface area contributed by atoms with E-state index in [1.54, 1.807) is 12.1 Å². The smallest absolute Gasteiger partial charge is 0.872 e. The average molecular weight is 485 g/mol. The molecule has 2 rings (SSSR count). The molecule has 0 aliphatic heterocycles. The van der Waals surface area contributed by atoms with Crippen molar-refractivity contribution in [2.45, 2.75) is 95.3 Å². The maximum atomic E-state index is 11.6. The molecular formula is C26H37NaO5S. The summed E-state index contributed by atoms with van der Waals surface area (Å²) in [5.41, 5.74) is 1.19. The first-order valence-corrected chi connectivity index (χ1v) is 13.4. The van der Waals surface area contributed by atoms with Crippen LogP contribution in [0.2, 0.25) is 0 Å². The van der Waals surface area contributed by atoms with Gasteiger partial charge in [-0.05, 0) is 42.7 Å². The van der Waals surface area contributed by atoms with E-state index < -0.39 is 20.8 Å². The summed E-state index contributed by atoms with van der Waals surface area (Å²) in [6.07, 6.45) is 16.9. The quantitative estimate of drug-likeness (QED) is 0.221. The number of aryl methyl sites for hydroxylation is 1. The molecule has 0 atom stereocenters. The zero-order chi connectivity index (χ0) is 23.2. The van der Waals surface area contributed by atoms with Gasteiger partial charge >= 0.3 is 29.6 Å². The van der Waals surface area contributed by atoms with Crippen LogP contribution in [0.5, 0.6) is 17.2 Å². The Labute approximate surface area is 222 Å². The van der Waals surface area contributed by atoms with Gasteiger partial charge in [0.2, 0.25) is 0 Å². The first-order chi connectivity index (χ1) is 15.4. The Morgan fingerprint density at radius 3 is 1.82 bits per heavy atom. The van der Waals surface area contributed by atoms with E-state index in [1.165, 1.54) is 76.2 Å². The van der Waals surface area contributed by atoms with Crippen LogP contribution in [0.15, 0.2) is 47.4 Å². The molecule has 0 saturated carbocycles. The third-order valence-corrected chi connectivity index (χ3v) is 6.56. The fraction of sp³-hybridized carbons (Fsp3) is 0.538. The molecule has 0 aliphatic carbocycles. The summed E-state index contributed by atoms with van der Waals surface area (Å²) < 4.78 is 37.8. The van der Waals surface area contributed by atoms with E-state index in [2.05, 4.69) is 6.92 Å². The van der Waals surface area contributed by atoms with E-state index in [9.17, 15) is 18.1 Å². The molecule has 0 aromatic heterocycles. The van der Waals surface area contributed by atoms with E-state index in [4.69, 9.17) is 4.74 Å². The van der Waals surface area contributed by atoms with Crippen LogP contribution in [0, 0.1) is 0 Å². The van der Waals surface area contributed by atoms with Gasteiger partial charge in [0.15, 0.2) is 0 Å². The summed E-state index contributed by atoms with van der Waals surface area (Å²) in [5.74, 6) is -0.149. The predicted molar refractivity (Wildman–Crippen MR) is 127 cm³/mol. The summed E-state index contributed by atoms with van der Waals surface area (Å²) in [7, 11) is -4.47. The molecule has 0 aliphatic rings. The van der Waals surface area contributed by atoms with E-state index in [-0.39, 0.29) is 35.3 Å². The molecule has 0 unspecified atom stereocenters. The molecule has 1 N–H and O–H groups in total. The fourth-order valence-electron chi connectivity index (χ4n) is 3.80. The van der Waals surface area contributed by atoms with Gasteiger partial charge in [-0.1, -0.05) is 95.8 Å². The Morgan fingerprint density at radius 2 is 1.30 bits per heavy atom. The van der Waals surface area contributed by atoms with E-state index in [1.807, 2.05) is 12.1 Å². The third-order valence-electron chi connectivity index (χ3n) is 5.66. The monoisotopic (exact) mass is 484 g/mol. The Morgan fingerprint density at radius 1 is 0.788 bits per heavy atom. The van der Waals surface area contributed by atoms with Crippen LogP contribution in [0.25, 0.3) is 0 Å². The Hall–Kier alpha value is -1.05. The Kier molecular flexibility index (Phi) is 15.0. The molecule has 5 nitrogen and oxygen atoms in total. The molecule has 0 bridgehead atoms. The molecule has 0 spiro atoms. The van der Waals surface area contributed by atoms with Crippen molar-refractivity contribution in [3.63, 3.8) is 0 Å². The van der Waals surface area contributed by atoms with Gasteiger partial charge in [0, 0.05) is 0 Å². The van der Waals surface area contributed by atoms with Gasteiger partial charge in [0.05, 0.1) is 0 Å². The molecule has 0 amide bonds. The Balaban J connectivity index is 0.00000544. The van der Waals surface area contributed by atoms with Crippen molar-refractivity contribution in [2.75, 3.05) is 0 Å². The number of rotatable bonds is 16. The molecular weight excluding hydrogens is 447 g/mol. The van der Waals surface area contributed by atoms with Crippen LogP contribution < -0.4 is 39.4 Å². The van der Waals surface area contributed by atoms with Crippen molar-refractivity contribution in [3.8, 4) is 17.2 Å². The van der Waals surface area contributed by atoms with Crippen molar-refractivity contribution in [2.24, 2.45) is 0 Å². The maximum absolute atomic E-state index is 11.6. The minimum atomic E-state index is -4.47. The van der Waals surface area contributed by atoms with Crippen molar-refractivity contribution in [3.05, 3.63) is 48.0 Å². The first kappa shape index (κ1) is 30.0. The molecule has 0 saturated heterocycles. The number of hydrogen-bond donors (Lipinski definition) is 1. The SMILES string of the molecule is CCCCCCCCCCCCCCc1ccc(Oc2cc([O-])ccc2S(=O)(=O)O)cc1.[Na+]. The summed E-state index contributed by atoms with van der Waals surface area (Å²) in [4.78, 5) is -0.419. The second-order valence-electron chi connectivity index (χ2n) is 8.47. The van der Waals surface area contributed by atoms with Crippen LogP contribution in [-0.2, 0) is 16.5 Å². The van der Waals surface area contributed by atoms with Gasteiger partial charge in [0.1, 0.15) is 16.4 Å². The zero-order valence-corrected chi connectivity index (χ0v) is 23.0. The van der Waals surface area contributed by atoms with Gasteiger partial charge in [-0.3, -0.25) is 4.55 Å². The Bertz CT molecular complexity index is 897. The standard InChI is InChI=1S/C26H38O5S.Na/c1-2-3-4-5-6-7-8-9-10-11-12-13-14-22-15-18-24(19-16-22)31-25-21-23(27)17-20-26(25)32(28,29)30;/h15-21,27H,2-14H2,1H3,(H,28,29,30);/q;+1/p-1. The average Bonchev–Trinajstić information content (AvgIpc) is 2.75. The molecule has 0 heterocycles. The van der Waals surface area contributed by atoms with Crippen LogP contribution in [0.4, 0.5) is 0 Å². The number of hydrogen-bond acceptors (Lipinski definition) is 4. The molecule has 0 fully saturated rings. The largest absolute Gasteiger partial charge is 1.00 e. The third kappa shape index (κ3) is 12.3. The molecule has 7 heteroatoms. The topological polar surface area (TPSA) is 86.7 Å². The number of benzene rings is 2. The molecule has 33 heavy (non-hydrogen) atoms. The second-order valence-corrected chi connectivity index (χ2v) is 9.86. The first-order valence-electron chi connectivity index (χ1n) is 12.0. The number of unbranched alkanes of at least 4 members (excludes halogenated alkanes) is 11. The molecule has 2 aromatic carbocycles. The van der Waals surface area contributed by atoms with Crippen molar-refractivity contribution in [1.29, 1.82) is 0 Å². The number of ether oxygens (including phenoxy) is 1. The van der Waals surface area contributed by atoms with Crippen LogP contribution in [-0.4, -0.2) is 13.0 Å². The minimum absolute atomic E-state index is 0. The molecule has 0 radical (unpaired) electrons. The van der Waals surface area contributed by atoms with Crippen molar-refractivity contribution >= 4 is 10.1 Å². The van der Waals surface area contributed by atoms with Crippen LogP contribution in [0.3, 0.4) is 0 Å². The molecule has 2 aromatic rings. The minimum Gasteiger partial charge on any atom is -0.872 e. The maximum Gasteiger partial charge on any atom is 1.00 e. The van der Waals surface area contributed by atoms with Gasteiger partial charge < -0.3 is 9.84 Å². The summed E-state index contributed by atoms with van der Waals surface area (Å²) in [6.45, 7) is 2.25. The van der Waals surface area contributed by atoms with Gasteiger partial charge in [-0.15, -0.1) is 5.75 Å². The van der Waals surface area contributed by atoms with Gasteiger partial charge in [-0.25, -0.2) is 0 Å². The van der Waals surface area contributed by atoms with Crippen molar-refractivity contribution < 1.29 is 52.4 Å². The van der Waals surface area contributed by atoms with Gasteiger partial charge in [0.25, 0.3) is 10.1 Å². The van der Waals surface area contributed by atoms with Crippen LogP contribution in [0.1, 0.15) is 89.5 Å². The van der Waals surface area contributed by atoms with Gasteiger partial charge in [-0.2, -0.15) is 8.42 Å². The summed E-state index contributed by atoms with van der Waals surface area (Å²) >= 11 is 0. The summed E-state index contributed by atoms with van der Waals surface area (Å²) in [6, 6.07) is 10.6. The normalized spacial score (nSPS) is 11.2. The van der Waals surface area contributed by atoms with Crippen LogP contribution >= 0.6 is 0 Å². The van der Waals surface area contributed by atoms with E-state index in [0.717, 1.165) is 31.0 Å². The second kappa shape index (κ2) is 16.6. The molecule has 178 valence electrons. The van der Waals surface area contributed by atoms with Crippen molar-refractivity contribution in [1.82, 2.24) is 0 Å².